The largest absolute Gasteiger partial charge is 0.506 e. The molecule has 0 aliphatic carbocycles. The molecule has 0 aromatic heterocycles. The standard InChI is InChI=1S/C18H19NO6/c1-18(2,25-17(20)21)16(24-12-13-6-4-3-5-7-13)14-8-10-15(11-9-14)19(22)23/h3-11,16H,12H2,1-2H3,(H,20,21). The molecule has 7 nitrogen and oxygen atoms in total. The third kappa shape index (κ3) is 5.02. The Bertz CT molecular complexity index is 727. The lowest BCUT2D eigenvalue weighted by atomic mass is 9.94. The minimum Gasteiger partial charge on any atom is -0.450 e. The van der Waals surface area contributed by atoms with Crippen LogP contribution in [0, 0.1) is 10.1 Å². The van der Waals surface area contributed by atoms with E-state index in [2.05, 4.69) is 0 Å². The van der Waals surface area contributed by atoms with Crippen LogP contribution >= 0.6 is 0 Å². The zero-order chi connectivity index (χ0) is 18.4. The molecule has 0 aliphatic heterocycles. The van der Waals surface area contributed by atoms with Gasteiger partial charge < -0.3 is 14.6 Å². The third-order valence-electron chi connectivity index (χ3n) is 3.65. The summed E-state index contributed by atoms with van der Waals surface area (Å²) in [6, 6.07) is 15.2. The van der Waals surface area contributed by atoms with Crippen LogP contribution in [0.5, 0.6) is 0 Å². The summed E-state index contributed by atoms with van der Waals surface area (Å²) < 4.78 is 10.9. The fourth-order valence-electron chi connectivity index (χ4n) is 2.50. The van der Waals surface area contributed by atoms with Crippen LogP contribution in [0.15, 0.2) is 54.6 Å². The number of ether oxygens (including phenoxy) is 2. The van der Waals surface area contributed by atoms with Crippen LogP contribution in [0.4, 0.5) is 10.5 Å². The van der Waals surface area contributed by atoms with Gasteiger partial charge in [-0.05, 0) is 37.1 Å². The maximum atomic E-state index is 11.0. The molecule has 132 valence electrons. The van der Waals surface area contributed by atoms with Crippen LogP contribution < -0.4 is 0 Å². The van der Waals surface area contributed by atoms with E-state index in [9.17, 15) is 14.9 Å². The van der Waals surface area contributed by atoms with Gasteiger partial charge in [-0.2, -0.15) is 0 Å². The Morgan fingerprint density at radius 1 is 1.16 bits per heavy atom. The van der Waals surface area contributed by atoms with Gasteiger partial charge >= 0.3 is 6.16 Å². The highest BCUT2D eigenvalue weighted by atomic mass is 16.7. The Morgan fingerprint density at radius 2 is 1.76 bits per heavy atom. The first-order valence-corrected chi connectivity index (χ1v) is 7.61. The Balaban J connectivity index is 2.27. The van der Waals surface area contributed by atoms with Gasteiger partial charge in [-0.1, -0.05) is 30.3 Å². The molecule has 2 rings (SSSR count). The highest BCUT2D eigenvalue weighted by molar-refractivity contribution is 5.57. The zero-order valence-corrected chi connectivity index (χ0v) is 13.9. The molecule has 2 aromatic rings. The highest BCUT2D eigenvalue weighted by Gasteiger charge is 2.36. The Hall–Kier alpha value is -2.93. The average molecular weight is 345 g/mol. The van der Waals surface area contributed by atoms with E-state index < -0.39 is 22.8 Å². The quantitative estimate of drug-likeness (QED) is 0.455. The molecule has 0 saturated heterocycles. The van der Waals surface area contributed by atoms with Crippen molar-refractivity contribution in [2.45, 2.75) is 32.2 Å². The van der Waals surface area contributed by atoms with Gasteiger partial charge in [0.1, 0.15) is 11.7 Å². The van der Waals surface area contributed by atoms with Crippen molar-refractivity contribution in [1.29, 1.82) is 0 Å². The number of hydrogen-bond donors (Lipinski definition) is 1. The van der Waals surface area contributed by atoms with Gasteiger partial charge in [-0.15, -0.1) is 0 Å². The fraction of sp³-hybridized carbons (Fsp3) is 0.278. The van der Waals surface area contributed by atoms with E-state index >= 15 is 0 Å². The van der Waals surface area contributed by atoms with Crippen molar-refractivity contribution in [3.8, 4) is 0 Å². The predicted molar refractivity (Wildman–Crippen MR) is 90.3 cm³/mol. The summed E-state index contributed by atoms with van der Waals surface area (Å²) in [4.78, 5) is 21.3. The summed E-state index contributed by atoms with van der Waals surface area (Å²) >= 11 is 0. The van der Waals surface area contributed by atoms with Gasteiger partial charge in [-0.25, -0.2) is 4.79 Å². The van der Waals surface area contributed by atoms with E-state index in [0.29, 0.717) is 5.56 Å². The molecule has 1 atom stereocenters. The van der Waals surface area contributed by atoms with E-state index in [-0.39, 0.29) is 12.3 Å². The van der Waals surface area contributed by atoms with Crippen molar-refractivity contribution < 1.29 is 24.3 Å². The molecule has 1 N–H and O–H groups in total. The summed E-state index contributed by atoms with van der Waals surface area (Å²) in [7, 11) is 0. The van der Waals surface area contributed by atoms with Gasteiger partial charge in [0.2, 0.25) is 0 Å². The molecule has 0 bridgehead atoms. The molecule has 0 radical (unpaired) electrons. The molecule has 0 saturated carbocycles. The zero-order valence-electron chi connectivity index (χ0n) is 13.9. The Morgan fingerprint density at radius 3 is 2.28 bits per heavy atom. The second kappa shape index (κ2) is 7.76. The molecule has 0 aliphatic rings. The fourth-order valence-corrected chi connectivity index (χ4v) is 2.50. The van der Waals surface area contributed by atoms with Gasteiger partial charge in [0, 0.05) is 12.1 Å². The number of nitro benzene ring substituents is 1. The number of non-ortho nitro benzene ring substituents is 1. The summed E-state index contributed by atoms with van der Waals surface area (Å²) in [5, 5.41) is 19.8. The van der Waals surface area contributed by atoms with Crippen molar-refractivity contribution in [2.75, 3.05) is 0 Å². The van der Waals surface area contributed by atoms with Crippen molar-refractivity contribution in [3.63, 3.8) is 0 Å². The summed E-state index contributed by atoms with van der Waals surface area (Å²) in [5.41, 5.74) is 0.271. The molecule has 0 spiro atoms. The molecular weight excluding hydrogens is 326 g/mol. The van der Waals surface area contributed by atoms with E-state index in [1.807, 2.05) is 30.3 Å². The molecule has 1 unspecified atom stereocenters. The van der Waals surface area contributed by atoms with E-state index in [1.165, 1.54) is 12.1 Å². The normalized spacial score (nSPS) is 12.4. The maximum absolute atomic E-state index is 11.0. The second-order valence-corrected chi connectivity index (χ2v) is 6.00. The number of nitrogens with zero attached hydrogens (tertiary/aromatic N) is 1. The third-order valence-corrected chi connectivity index (χ3v) is 3.65. The molecule has 7 heteroatoms. The lowest BCUT2D eigenvalue weighted by Crippen LogP contribution is -2.36. The first kappa shape index (κ1) is 18.4. The minimum absolute atomic E-state index is 0.0532. The highest BCUT2D eigenvalue weighted by Crippen LogP contribution is 2.34. The van der Waals surface area contributed by atoms with Gasteiger partial charge in [0.25, 0.3) is 5.69 Å². The summed E-state index contributed by atoms with van der Waals surface area (Å²) in [6.07, 6.45) is -2.15. The van der Waals surface area contributed by atoms with Gasteiger partial charge in [-0.3, -0.25) is 10.1 Å². The van der Waals surface area contributed by atoms with Crippen LogP contribution in [0.25, 0.3) is 0 Å². The second-order valence-electron chi connectivity index (χ2n) is 6.00. The van der Waals surface area contributed by atoms with Crippen LogP contribution in [0.1, 0.15) is 31.1 Å². The predicted octanol–water partition coefficient (Wildman–Crippen LogP) is 4.33. The summed E-state index contributed by atoms with van der Waals surface area (Å²) in [5.74, 6) is 0. The molecule has 0 fully saturated rings. The van der Waals surface area contributed by atoms with Crippen LogP contribution in [0.3, 0.4) is 0 Å². The molecule has 25 heavy (non-hydrogen) atoms. The van der Waals surface area contributed by atoms with E-state index in [1.54, 1.807) is 26.0 Å². The Labute approximate surface area is 145 Å². The number of carbonyl (C=O) groups is 1. The number of carboxylic acid groups (broad SMARTS) is 1. The molecular formula is C18H19NO6. The van der Waals surface area contributed by atoms with Gasteiger partial charge in [0.05, 0.1) is 11.5 Å². The molecule has 0 amide bonds. The molecule has 0 heterocycles. The molecule has 2 aromatic carbocycles. The van der Waals surface area contributed by atoms with E-state index in [4.69, 9.17) is 14.6 Å². The van der Waals surface area contributed by atoms with Crippen LogP contribution in [0.2, 0.25) is 0 Å². The van der Waals surface area contributed by atoms with Crippen molar-refractivity contribution in [3.05, 3.63) is 75.8 Å². The van der Waals surface area contributed by atoms with Crippen molar-refractivity contribution in [2.24, 2.45) is 0 Å². The smallest absolute Gasteiger partial charge is 0.450 e. The monoisotopic (exact) mass is 345 g/mol. The SMILES string of the molecule is CC(C)(OC(=O)O)C(OCc1ccccc1)c1ccc([N+](=O)[O-])cc1. The number of hydrogen-bond acceptors (Lipinski definition) is 5. The first-order valence-electron chi connectivity index (χ1n) is 7.61. The number of nitro groups is 1. The lowest BCUT2D eigenvalue weighted by Gasteiger charge is -2.33. The van der Waals surface area contributed by atoms with Gasteiger partial charge in [0.15, 0.2) is 0 Å². The minimum atomic E-state index is -1.42. The van der Waals surface area contributed by atoms with Crippen molar-refractivity contribution >= 4 is 11.8 Å². The summed E-state index contributed by atoms with van der Waals surface area (Å²) in [6.45, 7) is 3.44. The number of rotatable bonds is 7. The first-order chi connectivity index (χ1) is 11.8. The van der Waals surface area contributed by atoms with Crippen molar-refractivity contribution in [1.82, 2.24) is 0 Å². The van der Waals surface area contributed by atoms with E-state index in [0.717, 1.165) is 5.56 Å². The van der Waals surface area contributed by atoms with Crippen LogP contribution in [-0.2, 0) is 16.1 Å². The average Bonchev–Trinajstić information content (AvgIpc) is 2.55. The maximum Gasteiger partial charge on any atom is 0.506 e. The number of benzene rings is 2. The topological polar surface area (TPSA) is 98.9 Å². The van der Waals surface area contributed by atoms with Crippen LogP contribution in [-0.4, -0.2) is 21.8 Å². The lowest BCUT2D eigenvalue weighted by molar-refractivity contribution is -0.384. The Kier molecular flexibility index (Phi) is 5.71.